The first-order valence-electron chi connectivity index (χ1n) is 8.31. The molecule has 0 aliphatic carbocycles. The van der Waals surface area contributed by atoms with E-state index >= 15 is 0 Å². The van der Waals surface area contributed by atoms with Crippen LogP contribution in [-0.4, -0.2) is 23.1 Å². The summed E-state index contributed by atoms with van der Waals surface area (Å²) in [5.74, 6) is 0. The second-order valence-corrected chi connectivity index (χ2v) is 7.27. The van der Waals surface area contributed by atoms with Crippen molar-refractivity contribution < 1.29 is 35.9 Å². The molecule has 0 fully saturated rings. The number of benzene rings is 1. The zero-order valence-electron chi connectivity index (χ0n) is 15.4. The summed E-state index contributed by atoms with van der Waals surface area (Å²) in [5.41, 5.74) is -3.21. The number of amides is 1. The van der Waals surface area contributed by atoms with Gasteiger partial charge in [0.15, 0.2) is 0 Å². The molecule has 0 unspecified atom stereocenters. The highest BCUT2D eigenvalue weighted by Gasteiger charge is 2.38. The van der Waals surface area contributed by atoms with Crippen molar-refractivity contribution in [3.8, 4) is 0 Å². The van der Waals surface area contributed by atoms with Crippen molar-refractivity contribution in [2.24, 2.45) is 0 Å². The molecule has 1 heterocycles. The Morgan fingerprint density at radius 1 is 1.07 bits per heavy atom. The Balaban J connectivity index is 2.19. The minimum Gasteiger partial charge on any atom is -0.443 e. The lowest BCUT2D eigenvalue weighted by atomic mass is 9.96. The second-order valence-electron chi connectivity index (χ2n) is 7.27. The van der Waals surface area contributed by atoms with Crippen LogP contribution in [0.5, 0.6) is 0 Å². The van der Waals surface area contributed by atoms with Gasteiger partial charge in [-0.1, -0.05) is 12.1 Å². The summed E-state index contributed by atoms with van der Waals surface area (Å²) in [7, 11) is 0. The fourth-order valence-corrected chi connectivity index (χ4v) is 2.51. The van der Waals surface area contributed by atoms with Crippen LogP contribution in [0.15, 0.2) is 42.1 Å². The van der Waals surface area contributed by atoms with Crippen molar-refractivity contribution in [3.63, 3.8) is 0 Å². The maximum absolute atomic E-state index is 13.2. The summed E-state index contributed by atoms with van der Waals surface area (Å²) in [6.07, 6.45) is -6.27. The predicted octanol–water partition coefficient (Wildman–Crippen LogP) is 5.96. The van der Waals surface area contributed by atoms with Gasteiger partial charge >= 0.3 is 18.4 Å². The summed E-state index contributed by atoms with van der Waals surface area (Å²) in [6, 6.07) is 1.58. The van der Waals surface area contributed by atoms with Gasteiger partial charge in [-0.05, 0) is 56.5 Å². The number of rotatable bonds is 2. The Bertz CT molecular complexity index is 800. The minimum absolute atomic E-state index is 0.0860. The average Bonchev–Trinajstić information content (AvgIpc) is 2.52. The molecule has 1 amide bonds. The molecule has 0 aromatic heterocycles. The Hall–Kier alpha value is -2.45. The monoisotopic (exact) mass is 407 g/mol. The number of nitrogens with zero attached hydrogens (tertiary/aromatic N) is 1. The van der Waals surface area contributed by atoms with E-state index in [4.69, 9.17) is 4.74 Å². The Morgan fingerprint density at radius 3 is 2.18 bits per heavy atom. The molecule has 1 aromatic rings. The molecule has 154 valence electrons. The van der Waals surface area contributed by atoms with Crippen LogP contribution in [0.2, 0.25) is 0 Å². The van der Waals surface area contributed by atoms with Gasteiger partial charge in [-0.25, -0.2) is 4.79 Å². The number of halogens is 6. The van der Waals surface area contributed by atoms with Crippen LogP contribution in [0.25, 0.3) is 0 Å². The molecule has 0 saturated carbocycles. The fraction of sp³-hybridized carbons (Fsp3) is 0.421. The highest BCUT2D eigenvalue weighted by Crippen LogP contribution is 2.38. The van der Waals surface area contributed by atoms with Crippen molar-refractivity contribution in [1.29, 1.82) is 0 Å². The maximum atomic E-state index is 13.2. The van der Waals surface area contributed by atoms with E-state index in [1.165, 1.54) is 23.3 Å². The Kier molecular flexibility index (Phi) is 5.87. The number of carbonyl (C=O) groups is 1. The molecule has 0 saturated heterocycles. The molecule has 0 spiro atoms. The molecule has 0 radical (unpaired) electrons. The van der Waals surface area contributed by atoms with Crippen molar-refractivity contribution >= 4 is 6.09 Å². The van der Waals surface area contributed by atoms with Crippen LogP contribution in [-0.2, 0) is 23.5 Å². The standard InChI is InChI=1S/C19H19F6NO2/c1-17(2,3)28-16(27)26-8-6-12(7-9-26)10-13-4-5-14(18(20,21)22)11-15(13)19(23,24)25/h4-8,11H,9-10H2,1-3H3. The largest absolute Gasteiger partial charge is 0.443 e. The van der Waals surface area contributed by atoms with Gasteiger partial charge < -0.3 is 4.74 Å². The van der Waals surface area contributed by atoms with Crippen LogP contribution in [0.4, 0.5) is 31.1 Å². The lowest BCUT2D eigenvalue weighted by molar-refractivity contribution is -0.143. The minimum atomic E-state index is -4.92. The van der Waals surface area contributed by atoms with Gasteiger partial charge in [-0.3, -0.25) is 4.90 Å². The molecule has 0 atom stereocenters. The van der Waals surface area contributed by atoms with Crippen LogP contribution >= 0.6 is 0 Å². The first-order valence-corrected chi connectivity index (χ1v) is 8.31. The molecular weight excluding hydrogens is 388 g/mol. The van der Waals surface area contributed by atoms with Crippen LogP contribution < -0.4 is 0 Å². The first kappa shape index (κ1) is 21.8. The van der Waals surface area contributed by atoms with E-state index in [2.05, 4.69) is 0 Å². The SMILES string of the molecule is CC(C)(C)OC(=O)N1C=CC(Cc2ccc(C(F)(F)F)cc2C(F)(F)F)=CC1. The van der Waals surface area contributed by atoms with Gasteiger partial charge in [0.25, 0.3) is 0 Å². The van der Waals surface area contributed by atoms with Crippen LogP contribution in [0.3, 0.4) is 0 Å². The smallest absolute Gasteiger partial charge is 0.416 e. The molecular formula is C19H19F6NO2. The van der Waals surface area contributed by atoms with Crippen LogP contribution in [0, 0.1) is 0 Å². The molecule has 1 aliphatic rings. The van der Waals surface area contributed by atoms with Crippen molar-refractivity contribution in [2.75, 3.05) is 6.54 Å². The van der Waals surface area contributed by atoms with Gasteiger partial charge in [0.05, 0.1) is 11.1 Å². The molecule has 9 heteroatoms. The van der Waals surface area contributed by atoms with Crippen LogP contribution in [0.1, 0.15) is 37.5 Å². The third kappa shape index (κ3) is 5.77. The third-order valence-electron chi connectivity index (χ3n) is 3.78. The zero-order chi connectivity index (χ0) is 21.3. The third-order valence-corrected chi connectivity index (χ3v) is 3.78. The molecule has 28 heavy (non-hydrogen) atoms. The molecule has 3 nitrogen and oxygen atoms in total. The van der Waals surface area contributed by atoms with E-state index < -0.39 is 35.2 Å². The predicted molar refractivity (Wildman–Crippen MR) is 90.3 cm³/mol. The van der Waals surface area contributed by atoms with Crippen molar-refractivity contribution in [2.45, 2.75) is 45.1 Å². The number of carbonyl (C=O) groups excluding carboxylic acids is 1. The fourth-order valence-electron chi connectivity index (χ4n) is 2.51. The summed E-state index contributed by atoms with van der Waals surface area (Å²) < 4.78 is 83.1. The average molecular weight is 407 g/mol. The Morgan fingerprint density at radius 2 is 1.71 bits per heavy atom. The van der Waals surface area contributed by atoms with E-state index in [0.717, 1.165) is 6.07 Å². The molecule has 1 aromatic carbocycles. The Labute approximate surface area is 158 Å². The highest BCUT2D eigenvalue weighted by molar-refractivity contribution is 5.70. The van der Waals surface area contributed by atoms with Crippen molar-refractivity contribution in [1.82, 2.24) is 4.90 Å². The number of ether oxygens (including phenoxy) is 1. The van der Waals surface area contributed by atoms with E-state index in [-0.39, 0.29) is 24.6 Å². The van der Waals surface area contributed by atoms with E-state index in [1.807, 2.05) is 0 Å². The van der Waals surface area contributed by atoms with Gasteiger partial charge in [0.1, 0.15) is 5.60 Å². The molecule has 1 aliphatic heterocycles. The maximum Gasteiger partial charge on any atom is 0.416 e. The molecule has 0 N–H and O–H groups in total. The number of hydrogen-bond acceptors (Lipinski definition) is 2. The highest BCUT2D eigenvalue weighted by atomic mass is 19.4. The second kappa shape index (κ2) is 7.52. The van der Waals surface area contributed by atoms with E-state index in [9.17, 15) is 31.1 Å². The van der Waals surface area contributed by atoms with Gasteiger partial charge in [-0.2, -0.15) is 26.3 Å². The quantitative estimate of drug-likeness (QED) is 0.567. The van der Waals surface area contributed by atoms with Gasteiger partial charge in [0.2, 0.25) is 0 Å². The summed E-state index contributed by atoms with van der Waals surface area (Å²) in [5, 5.41) is 0. The summed E-state index contributed by atoms with van der Waals surface area (Å²) in [4.78, 5) is 13.2. The number of alkyl halides is 6. The van der Waals surface area contributed by atoms with E-state index in [1.54, 1.807) is 20.8 Å². The summed E-state index contributed by atoms with van der Waals surface area (Å²) in [6.45, 7) is 5.18. The van der Waals surface area contributed by atoms with E-state index in [0.29, 0.717) is 11.6 Å². The number of hydrogen-bond donors (Lipinski definition) is 0. The number of allylic oxidation sites excluding steroid dienone is 2. The van der Waals surface area contributed by atoms with Crippen molar-refractivity contribution in [3.05, 3.63) is 58.8 Å². The zero-order valence-corrected chi connectivity index (χ0v) is 15.4. The normalized spacial score (nSPS) is 15.5. The molecule has 2 rings (SSSR count). The topological polar surface area (TPSA) is 29.5 Å². The molecule has 0 bridgehead atoms. The first-order chi connectivity index (χ1) is 12.7. The summed E-state index contributed by atoms with van der Waals surface area (Å²) >= 11 is 0. The van der Waals surface area contributed by atoms with Gasteiger partial charge in [-0.15, -0.1) is 0 Å². The lowest BCUT2D eigenvalue weighted by Crippen LogP contribution is -2.34. The lowest BCUT2D eigenvalue weighted by Gasteiger charge is -2.26. The van der Waals surface area contributed by atoms with Gasteiger partial charge in [0, 0.05) is 12.7 Å².